The summed E-state index contributed by atoms with van der Waals surface area (Å²) in [7, 11) is 0. The molecule has 1 atom stereocenters. The first-order valence-electron chi connectivity index (χ1n) is 6.20. The largest absolute Gasteiger partial charge is 0.389 e. The van der Waals surface area contributed by atoms with Crippen molar-refractivity contribution in [2.75, 3.05) is 26.3 Å². The maximum atomic E-state index is 12.4. The molecule has 20 heavy (non-hydrogen) atoms. The summed E-state index contributed by atoms with van der Waals surface area (Å²) >= 11 is 3.30. The van der Waals surface area contributed by atoms with Gasteiger partial charge >= 0.3 is 0 Å². The van der Waals surface area contributed by atoms with Crippen molar-refractivity contribution in [1.29, 1.82) is 0 Å². The van der Waals surface area contributed by atoms with Gasteiger partial charge in [0, 0.05) is 19.3 Å². The van der Waals surface area contributed by atoms with Crippen molar-refractivity contribution in [2.45, 2.75) is 6.10 Å². The molecule has 3 heterocycles. The number of hydrogen-bond donors (Lipinski definition) is 2. The first kappa shape index (κ1) is 13.5. The molecule has 2 N–H and O–H groups in total. The van der Waals surface area contributed by atoms with Gasteiger partial charge in [-0.3, -0.25) is 14.9 Å². The number of aliphatic hydroxyl groups excluding tert-OH is 1. The van der Waals surface area contributed by atoms with Gasteiger partial charge in [-0.05, 0) is 22.0 Å². The van der Waals surface area contributed by atoms with Gasteiger partial charge in [-0.1, -0.05) is 0 Å². The topological polar surface area (TPSA) is 91.3 Å². The van der Waals surface area contributed by atoms with Crippen molar-refractivity contribution in [3.63, 3.8) is 0 Å². The van der Waals surface area contributed by atoms with Crippen molar-refractivity contribution < 1.29 is 14.6 Å². The average molecular weight is 341 g/mol. The van der Waals surface area contributed by atoms with E-state index in [4.69, 9.17) is 4.74 Å². The number of halogens is 1. The second-order valence-electron chi connectivity index (χ2n) is 4.61. The number of aliphatic hydroxyl groups is 1. The molecule has 0 radical (unpaired) electrons. The molecule has 1 unspecified atom stereocenters. The highest BCUT2D eigenvalue weighted by Crippen LogP contribution is 2.20. The number of β-amino-alcohol motifs (C(OH)–C–C–N with tert-alkyl or cyclic N) is 1. The molecule has 0 saturated carbocycles. The maximum Gasteiger partial charge on any atom is 0.272 e. The Labute approximate surface area is 123 Å². The fraction of sp³-hybridized carbons (Fsp3) is 0.417. The molecule has 1 fully saturated rings. The Morgan fingerprint density at radius 3 is 3.30 bits per heavy atom. The van der Waals surface area contributed by atoms with E-state index in [1.807, 2.05) is 0 Å². The van der Waals surface area contributed by atoms with Gasteiger partial charge in [0.15, 0.2) is 0 Å². The Kier molecular flexibility index (Phi) is 3.68. The third-order valence-corrected chi connectivity index (χ3v) is 3.76. The molecular formula is C12H13BrN4O3. The quantitative estimate of drug-likeness (QED) is 0.791. The minimum absolute atomic E-state index is 0.220. The Hall–Kier alpha value is -1.51. The maximum absolute atomic E-state index is 12.4. The van der Waals surface area contributed by atoms with E-state index in [1.54, 1.807) is 17.2 Å². The summed E-state index contributed by atoms with van der Waals surface area (Å²) in [5.41, 5.74) is 1.06. The number of pyridine rings is 1. The van der Waals surface area contributed by atoms with Gasteiger partial charge in [0.25, 0.3) is 5.91 Å². The lowest BCUT2D eigenvalue weighted by atomic mass is 10.2. The highest BCUT2D eigenvalue weighted by Gasteiger charge is 2.23. The number of nitrogens with one attached hydrogen (secondary N) is 1. The lowest BCUT2D eigenvalue weighted by Crippen LogP contribution is -2.38. The van der Waals surface area contributed by atoms with Crippen molar-refractivity contribution in [3.05, 3.63) is 22.6 Å². The number of H-pyrrole nitrogens is 1. The third-order valence-electron chi connectivity index (χ3n) is 3.15. The molecule has 1 saturated heterocycles. The Morgan fingerprint density at radius 1 is 1.60 bits per heavy atom. The summed E-state index contributed by atoms with van der Waals surface area (Å²) in [6.45, 7) is 1.37. The number of aromatic nitrogens is 3. The normalized spacial score (nSPS) is 20.1. The zero-order valence-corrected chi connectivity index (χ0v) is 12.1. The number of carbonyl (C=O) groups excluding carboxylic acids is 1. The number of hydrogen-bond acceptors (Lipinski definition) is 5. The summed E-state index contributed by atoms with van der Waals surface area (Å²) in [6.07, 6.45) is 0.937. The predicted molar refractivity (Wildman–Crippen MR) is 74.3 cm³/mol. The van der Waals surface area contributed by atoms with Crippen LogP contribution in [-0.4, -0.2) is 63.5 Å². The van der Waals surface area contributed by atoms with Crippen LogP contribution in [0, 0.1) is 0 Å². The van der Waals surface area contributed by atoms with Crippen molar-refractivity contribution in [2.24, 2.45) is 0 Å². The summed E-state index contributed by atoms with van der Waals surface area (Å²) in [5, 5.41) is 17.3. The van der Waals surface area contributed by atoms with Crippen LogP contribution in [0.1, 0.15) is 10.5 Å². The van der Waals surface area contributed by atoms with Crippen molar-refractivity contribution in [1.82, 2.24) is 20.1 Å². The minimum atomic E-state index is -0.661. The second-order valence-corrected chi connectivity index (χ2v) is 5.36. The van der Waals surface area contributed by atoms with Gasteiger partial charge in [0.2, 0.25) is 0 Å². The highest BCUT2D eigenvalue weighted by atomic mass is 79.9. The third kappa shape index (κ3) is 2.54. The Balaban J connectivity index is 1.87. The predicted octanol–water partition coefficient (Wildman–Crippen LogP) is 0.554. The van der Waals surface area contributed by atoms with Crippen LogP contribution >= 0.6 is 15.9 Å². The van der Waals surface area contributed by atoms with Crippen LogP contribution in [0.5, 0.6) is 0 Å². The molecule has 2 aromatic rings. The summed E-state index contributed by atoms with van der Waals surface area (Å²) < 4.78 is 5.87. The zero-order valence-electron chi connectivity index (χ0n) is 10.5. The number of aromatic amines is 1. The van der Waals surface area contributed by atoms with Gasteiger partial charge in [0.1, 0.15) is 10.3 Å². The molecular weight excluding hydrogens is 328 g/mol. The van der Waals surface area contributed by atoms with Gasteiger partial charge in [-0.15, -0.1) is 0 Å². The average Bonchev–Trinajstić information content (AvgIpc) is 2.68. The van der Waals surface area contributed by atoms with E-state index in [2.05, 4.69) is 31.1 Å². The monoisotopic (exact) mass is 340 g/mol. The Bertz CT molecular complexity index is 645. The fourth-order valence-corrected chi connectivity index (χ4v) is 2.54. The van der Waals surface area contributed by atoms with E-state index in [1.165, 1.54) is 0 Å². The van der Waals surface area contributed by atoms with Gasteiger partial charge in [0.05, 0.1) is 30.2 Å². The SMILES string of the molecule is O=C(c1cc2[nH]nc(Br)c2cn1)N1CCOCC(O)C1. The molecule has 0 aliphatic carbocycles. The second kappa shape index (κ2) is 5.47. The van der Waals surface area contributed by atoms with E-state index >= 15 is 0 Å². The number of fused-ring (bicyclic) bond motifs is 1. The molecule has 2 aromatic heterocycles. The smallest absolute Gasteiger partial charge is 0.272 e. The molecule has 0 spiro atoms. The number of nitrogens with zero attached hydrogens (tertiary/aromatic N) is 3. The van der Waals surface area contributed by atoms with Crippen LogP contribution in [0.25, 0.3) is 10.9 Å². The van der Waals surface area contributed by atoms with Crippen LogP contribution in [0.3, 0.4) is 0 Å². The molecule has 1 amide bonds. The minimum Gasteiger partial charge on any atom is -0.389 e. The van der Waals surface area contributed by atoms with Gasteiger partial charge in [-0.25, -0.2) is 0 Å². The fourth-order valence-electron chi connectivity index (χ4n) is 2.14. The molecule has 106 valence electrons. The van der Waals surface area contributed by atoms with Crippen LogP contribution in [0.15, 0.2) is 16.9 Å². The summed E-state index contributed by atoms with van der Waals surface area (Å²) in [4.78, 5) is 18.1. The molecule has 0 bridgehead atoms. The van der Waals surface area contributed by atoms with Gasteiger partial charge in [-0.2, -0.15) is 5.10 Å². The van der Waals surface area contributed by atoms with Crippen LogP contribution < -0.4 is 0 Å². The van der Waals surface area contributed by atoms with E-state index in [9.17, 15) is 9.90 Å². The van der Waals surface area contributed by atoms with Crippen LogP contribution in [0.4, 0.5) is 0 Å². The number of carbonyl (C=O) groups is 1. The van der Waals surface area contributed by atoms with E-state index in [0.29, 0.717) is 23.4 Å². The van der Waals surface area contributed by atoms with E-state index < -0.39 is 6.10 Å². The molecule has 7 nitrogen and oxygen atoms in total. The number of ether oxygens (including phenoxy) is 1. The highest BCUT2D eigenvalue weighted by molar-refractivity contribution is 9.10. The molecule has 0 aromatic carbocycles. The molecule has 8 heteroatoms. The summed E-state index contributed by atoms with van der Waals surface area (Å²) in [6, 6.07) is 1.66. The van der Waals surface area contributed by atoms with E-state index in [-0.39, 0.29) is 19.1 Å². The first-order valence-corrected chi connectivity index (χ1v) is 6.99. The van der Waals surface area contributed by atoms with Crippen molar-refractivity contribution >= 4 is 32.7 Å². The lowest BCUT2D eigenvalue weighted by molar-refractivity contribution is 0.0533. The standard InChI is InChI=1S/C12H13BrN4O3/c13-11-8-4-14-10(3-9(8)15-16-11)12(19)17-1-2-20-6-7(18)5-17/h3-4,7,18H,1-2,5-6H2,(H,15,16). The molecule has 1 aliphatic heterocycles. The Morgan fingerprint density at radius 2 is 2.45 bits per heavy atom. The first-order chi connectivity index (χ1) is 9.65. The lowest BCUT2D eigenvalue weighted by Gasteiger charge is -2.20. The molecule has 1 aliphatic rings. The van der Waals surface area contributed by atoms with Gasteiger partial charge < -0.3 is 14.7 Å². The molecule has 3 rings (SSSR count). The van der Waals surface area contributed by atoms with Crippen molar-refractivity contribution in [3.8, 4) is 0 Å². The van der Waals surface area contributed by atoms with Crippen LogP contribution in [0.2, 0.25) is 0 Å². The zero-order chi connectivity index (χ0) is 14.1. The summed E-state index contributed by atoms with van der Waals surface area (Å²) in [5.74, 6) is -0.220. The number of amides is 1. The van der Waals surface area contributed by atoms with Crippen LogP contribution in [-0.2, 0) is 4.74 Å². The van der Waals surface area contributed by atoms with E-state index in [0.717, 1.165) is 10.9 Å². The number of rotatable bonds is 1.